The van der Waals surface area contributed by atoms with Gasteiger partial charge < -0.3 is 14.8 Å². The molecule has 1 aliphatic heterocycles. The molecule has 0 spiro atoms. The molecule has 3 heteroatoms. The minimum Gasteiger partial charge on any atom is -0.490 e. The quantitative estimate of drug-likeness (QED) is 0.856. The standard InChI is InChI=1S/C18H29NO2/c1-5-9-19-15(4)16-7-6-8-17(12-16)21-18-10-13(2)20-14(3)11-18/h6-8,12-15,18-19H,5,9-11H2,1-4H3. The Labute approximate surface area is 129 Å². The fraction of sp³-hybridized carbons (Fsp3) is 0.667. The van der Waals surface area contributed by atoms with E-state index in [1.54, 1.807) is 0 Å². The normalized spacial score (nSPS) is 27.3. The molecular weight excluding hydrogens is 262 g/mol. The van der Waals surface area contributed by atoms with E-state index in [1.165, 1.54) is 5.56 Å². The molecule has 2 rings (SSSR count). The van der Waals surface area contributed by atoms with E-state index < -0.39 is 0 Å². The van der Waals surface area contributed by atoms with Crippen LogP contribution < -0.4 is 10.1 Å². The van der Waals surface area contributed by atoms with Crippen molar-refractivity contribution in [2.24, 2.45) is 0 Å². The summed E-state index contributed by atoms with van der Waals surface area (Å²) in [5.41, 5.74) is 1.29. The van der Waals surface area contributed by atoms with Crippen LogP contribution in [0.2, 0.25) is 0 Å². The lowest BCUT2D eigenvalue weighted by atomic mass is 10.0. The molecule has 1 saturated heterocycles. The van der Waals surface area contributed by atoms with E-state index in [0.29, 0.717) is 6.04 Å². The van der Waals surface area contributed by atoms with Crippen molar-refractivity contribution in [3.63, 3.8) is 0 Å². The first-order chi connectivity index (χ1) is 10.1. The Balaban J connectivity index is 1.97. The van der Waals surface area contributed by atoms with Gasteiger partial charge in [-0.25, -0.2) is 0 Å². The molecule has 0 bridgehead atoms. The molecule has 21 heavy (non-hydrogen) atoms. The van der Waals surface area contributed by atoms with Crippen LogP contribution in [0.4, 0.5) is 0 Å². The third-order valence-corrected chi connectivity index (χ3v) is 4.02. The highest BCUT2D eigenvalue weighted by atomic mass is 16.5. The van der Waals surface area contributed by atoms with Gasteiger partial charge in [0.25, 0.3) is 0 Å². The van der Waals surface area contributed by atoms with Gasteiger partial charge in [0.15, 0.2) is 0 Å². The summed E-state index contributed by atoms with van der Waals surface area (Å²) < 4.78 is 12.0. The van der Waals surface area contributed by atoms with Gasteiger partial charge >= 0.3 is 0 Å². The number of nitrogens with one attached hydrogen (secondary N) is 1. The lowest BCUT2D eigenvalue weighted by Crippen LogP contribution is -2.35. The SMILES string of the molecule is CCCNC(C)c1cccc(OC2CC(C)OC(C)C2)c1. The van der Waals surface area contributed by atoms with Crippen molar-refractivity contribution < 1.29 is 9.47 Å². The number of benzene rings is 1. The molecule has 1 aromatic carbocycles. The van der Waals surface area contributed by atoms with Crippen molar-refractivity contribution in [1.82, 2.24) is 5.32 Å². The van der Waals surface area contributed by atoms with E-state index in [2.05, 4.69) is 57.3 Å². The Morgan fingerprint density at radius 3 is 2.67 bits per heavy atom. The van der Waals surface area contributed by atoms with Crippen molar-refractivity contribution in [1.29, 1.82) is 0 Å². The summed E-state index contributed by atoms with van der Waals surface area (Å²) in [6.45, 7) is 9.68. The van der Waals surface area contributed by atoms with Crippen LogP contribution in [-0.2, 0) is 4.74 Å². The van der Waals surface area contributed by atoms with Crippen molar-refractivity contribution in [3.05, 3.63) is 29.8 Å². The zero-order chi connectivity index (χ0) is 15.2. The zero-order valence-corrected chi connectivity index (χ0v) is 13.8. The predicted octanol–water partition coefficient (Wildman–Crippen LogP) is 4.08. The lowest BCUT2D eigenvalue weighted by molar-refractivity contribution is -0.0721. The second-order valence-corrected chi connectivity index (χ2v) is 6.22. The lowest BCUT2D eigenvalue weighted by Gasteiger charge is -2.32. The van der Waals surface area contributed by atoms with Crippen molar-refractivity contribution in [2.75, 3.05) is 6.54 Å². The van der Waals surface area contributed by atoms with E-state index in [-0.39, 0.29) is 18.3 Å². The van der Waals surface area contributed by atoms with Gasteiger partial charge in [0, 0.05) is 18.9 Å². The van der Waals surface area contributed by atoms with Crippen LogP contribution in [0.5, 0.6) is 5.75 Å². The molecule has 3 nitrogen and oxygen atoms in total. The van der Waals surface area contributed by atoms with Gasteiger partial charge in [-0.1, -0.05) is 19.1 Å². The predicted molar refractivity (Wildman–Crippen MR) is 86.8 cm³/mol. The van der Waals surface area contributed by atoms with Crippen LogP contribution in [0.3, 0.4) is 0 Å². The van der Waals surface area contributed by atoms with Crippen LogP contribution in [-0.4, -0.2) is 24.9 Å². The molecule has 3 unspecified atom stereocenters. The molecule has 1 heterocycles. The fourth-order valence-electron chi connectivity index (χ4n) is 2.97. The molecule has 1 aliphatic rings. The molecule has 0 aromatic heterocycles. The van der Waals surface area contributed by atoms with Gasteiger partial charge in [-0.05, 0) is 51.4 Å². The van der Waals surface area contributed by atoms with Gasteiger partial charge in [-0.3, -0.25) is 0 Å². The van der Waals surface area contributed by atoms with Crippen LogP contribution in [0.25, 0.3) is 0 Å². The number of rotatable bonds is 6. The van der Waals surface area contributed by atoms with Crippen molar-refractivity contribution in [3.8, 4) is 5.75 Å². The van der Waals surface area contributed by atoms with E-state index in [0.717, 1.165) is 31.6 Å². The first kappa shape index (κ1) is 16.3. The second-order valence-electron chi connectivity index (χ2n) is 6.22. The highest BCUT2D eigenvalue weighted by Gasteiger charge is 2.25. The van der Waals surface area contributed by atoms with Crippen LogP contribution in [0.15, 0.2) is 24.3 Å². The average Bonchev–Trinajstić information content (AvgIpc) is 2.44. The highest BCUT2D eigenvalue weighted by Crippen LogP contribution is 2.26. The van der Waals surface area contributed by atoms with Gasteiger partial charge in [0.2, 0.25) is 0 Å². The third-order valence-electron chi connectivity index (χ3n) is 4.02. The molecular formula is C18H29NO2. The maximum absolute atomic E-state index is 6.18. The monoisotopic (exact) mass is 291 g/mol. The van der Waals surface area contributed by atoms with Crippen LogP contribution in [0.1, 0.15) is 58.6 Å². The Morgan fingerprint density at radius 2 is 2.00 bits per heavy atom. The third kappa shape index (κ3) is 5.01. The van der Waals surface area contributed by atoms with E-state index in [1.807, 2.05) is 0 Å². The number of hydrogen-bond donors (Lipinski definition) is 1. The maximum atomic E-state index is 6.18. The van der Waals surface area contributed by atoms with Crippen LogP contribution in [0, 0.1) is 0 Å². The van der Waals surface area contributed by atoms with Crippen LogP contribution >= 0.6 is 0 Å². The minimum absolute atomic E-state index is 0.262. The fourth-order valence-corrected chi connectivity index (χ4v) is 2.97. The second kappa shape index (κ2) is 7.81. The Hall–Kier alpha value is -1.06. The number of ether oxygens (including phenoxy) is 2. The summed E-state index contributed by atoms with van der Waals surface area (Å²) in [5, 5.41) is 3.52. The summed E-state index contributed by atoms with van der Waals surface area (Å²) in [6.07, 6.45) is 3.92. The summed E-state index contributed by atoms with van der Waals surface area (Å²) in [6, 6.07) is 8.83. The molecule has 1 N–H and O–H groups in total. The van der Waals surface area contributed by atoms with E-state index in [9.17, 15) is 0 Å². The molecule has 0 saturated carbocycles. The van der Waals surface area contributed by atoms with Crippen molar-refractivity contribution >= 4 is 0 Å². The summed E-state index contributed by atoms with van der Waals surface area (Å²) in [4.78, 5) is 0. The topological polar surface area (TPSA) is 30.5 Å². The van der Waals surface area contributed by atoms with Gasteiger partial charge in [0.05, 0.1) is 12.2 Å². The molecule has 0 aliphatic carbocycles. The molecule has 0 amide bonds. The summed E-state index contributed by atoms with van der Waals surface area (Å²) >= 11 is 0. The van der Waals surface area contributed by atoms with Gasteiger partial charge in [-0.2, -0.15) is 0 Å². The molecule has 0 radical (unpaired) electrons. The highest BCUT2D eigenvalue weighted by molar-refractivity contribution is 5.30. The van der Waals surface area contributed by atoms with Gasteiger partial charge in [0.1, 0.15) is 11.9 Å². The molecule has 3 atom stereocenters. The average molecular weight is 291 g/mol. The largest absolute Gasteiger partial charge is 0.490 e. The smallest absolute Gasteiger partial charge is 0.120 e. The van der Waals surface area contributed by atoms with E-state index in [4.69, 9.17) is 9.47 Å². The minimum atomic E-state index is 0.262. The first-order valence-corrected chi connectivity index (χ1v) is 8.24. The summed E-state index contributed by atoms with van der Waals surface area (Å²) in [7, 11) is 0. The first-order valence-electron chi connectivity index (χ1n) is 8.24. The Morgan fingerprint density at radius 1 is 1.29 bits per heavy atom. The molecule has 1 fully saturated rings. The van der Waals surface area contributed by atoms with Gasteiger partial charge in [-0.15, -0.1) is 0 Å². The number of hydrogen-bond acceptors (Lipinski definition) is 3. The zero-order valence-electron chi connectivity index (χ0n) is 13.8. The maximum Gasteiger partial charge on any atom is 0.120 e. The molecule has 1 aromatic rings. The molecule has 118 valence electrons. The van der Waals surface area contributed by atoms with E-state index >= 15 is 0 Å². The Kier molecular flexibility index (Phi) is 6.07. The van der Waals surface area contributed by atoms with Crippen molar-refractivity contribution in [2.45, 2.75) is 71.3 Å². The summed E-state index contributed by atoms with van der Waals surface area (Å²) in [5.74, 6) is 0.976. The Bertz CT molecular complexity index is 425.